The maximum atomic E-state index is 15.4. The summed E-state index contributed by atoms with van der Waals surface area (Å²) in [7, 11) is 1.35. The van der Waals surface area contributed by atoms with E-state index in [1.54, 1.807) is 44.3 Å². The van der Waals surface area contributed by atoms with E-state index in [0.29, 0.717) is 68.4 Å². The number of aromatic nitrogens is 4. The molecular weight excluding hydrogens is 1880 g/mol. The molecular formula is C97H139BrN26O17. The number of aliphatic carboxylic acids is 1. The zero-order valence-electron chi connectivity index (χ0n) is 81.2. The number of carbonyl (C=O) groups excluding carboxylic acids is 15. The number of rotatable bonds is 50. The van der Waals surface area contributed by atoms with Crippen molar-refractivity contribution in [1.82, 2.24) is 109 Å². The maximum absolute atomic E-state index is 15.4. The third-order valence-electron chi connectivity index (χ3n) is 26.8. The number of carboxylic acid groups (broad SMARTS) is 1. The lowest BCUT2D eigenvalue weighted by molar-refractivity contribution is -0.146. The molecule has 0 bridgehead atoms. The molecule has 5 aromatic rings. The van der Waals surface area contributed by atoms with Crippen LogP contribution < -0.4 is 86.3 Å². The average molecular weight is 2020 g/mol. The number of likely N-dealkylation sites (tertiary alicyclic amines) is 3. The van der Waals surface area contributed by atoms with Crippen molar-refractivity contribution in [3.8, 4) is 11.1 Å². The number of nitrogens with zero attached hydrogens (tertiary/aromatic N) is 6. The number of carboxylic acids is 1. The first kappa shape index (κ1) is 110. The topological polar surface area (TPSA) is 646 Å². The van der Waals surface area contributed by atoms with Crippen molar-refractivity contribution in [2.75, 3.05) is 59.4 Å². The largest absolute Gasteiger partial charge is 0.480 e. The number of fused-ring (bicyclic) bond motifs is 1. The van der Waals surface area contributed by atoms with Crippen molar-refractivity contribution in [2.24, 2.45) is 40.4 Å². The van der Waals surface area contributed by atoms with Crippen molar-refractivity contribution in [2.45, 2.75) is 267 Å². The number of likely N-dealkylation sites (N-methyl/N-ethyl adjacent to an activating group) is 1. The normalized spacial score (nSPS) is 18.7. The van der Waals surface area contributed by atoms with E-state index in [2.05, 4.69) is 105 Å². The summed E-state index contributed by atoms with van der Waals surface area (Å²) in [6.07, 6.45) is 10.5. The van der Waals surface area contributed by atoms with Crippen molar-refractivity contribution in [3.63, 3.8) is 0 Å². The number of carbonyl (C=O) groups is 16. The number of guanidine groups is 2. The summed E-state index contributed by atoms with van der Waals surface area (Å²) in [5, 5.41) is 62.4. The number of nitrogens with one attached hydrogen (secondary N) is 17. The lowest BCUT2D eigenvalue weighted by atomic mass is 9.84. The van der Waals surface area contributed by atoms with E-state index in [-0.39, 0.29) is 152 Å². The highest BCUT2D eigenvalue weighted by molar-refractivity contribution is 9.10. The van der Waals surface area contributed by atoms with Crippen LogP contribution in [0, 0.1) is 34.0 Å². The van der Waals surface area contributed by atoms with Crippen molar-refractivity contribution >= 4 is 122 Å². The van der Waals surface area contributed by atoms with Gasteiger partial charge in [-0.3, -0.25) is 82.7 Å². The summed E-state index contributed by atoms with van der Waals surface area (Å²) in [4.78, 5) is 252. The Morgan fingerprint density at radius 1 is 0.567 bits per heavy atom. The van der Waals surface area contributed by atoms with Crippen LogP contribution in [0.3, 0.4) is 0 Å². The number of piperidine rings is 1. The number of hydrogen-bond acceptors (Lipinski definition) is 21. The lowest BCUT2D eigenvalue weighted by Gasteiger charge is -2.36. The number of aromatic amines is 2. The van der Waals surface area contributed by atoms with Gasteiger partial charge in [0.15, 0.2) is 11.9 Å². The van der Waals surface area contributed by atoms with Gasteiger partial charge >= 0.3 is 5.97 Å². The second kappa shape index (κ2) is 52.2. The summed E-state index contributed by atoms with van der Waals surface area (Å²) in [6, 6.07) is 9.11. The molecule has 43 nitrogen and oxygen atoms in total. The van der Waals surface area contributed by atoms with E-state index < -0.39 is 191 Å². The molecule has 5 fully saturated rings. The van der Waals surface area contributed by atoms with E-state index in [0.717, 1.165) is 39.0 Å². The number of H-pyrrole nitrogens is 2. The Labute approximate surface area is 828 Å². The lowest BCUT2D eigenvalue weighted by Crippen LogP contribution is -2.63. The average Bonchev–Trinajstić information content (AvgIpc) is 1.59. The number of benzene rings is 3. The molecule has 0 unspecified atom stereocenters. The molecule has 4 aliphatic heterocycles. The minimum absolute atomic E-state index is 0.0168. The van der Waals surface area contributed by atoms with Crippen LogP contribution in [0.1, 0.15) is 186 Å². The molecule has 3 aromatic carbocycles. The zero-order chi connectivity index (χ0) is 102. The molecule has 141 heavy (non-hydrogen) atoms. The standard InChI is InChI=1S/C97H139BrN26O17/c1-56(2)45-69(115-81(128)66(20-13-38-108-94(100)101)113-84(131)74-23-15-43-122(74)88(135)68(21-14-39-109-95(102)103)114-82(129)67(33-34-78(99)125)119-92(140)96(3,4)91(139)107-42-37-64-51-105-54-111-64)83(130)120-97(5,6)93(141)121(7)76(50-65-52-106-55-112-65)86(133)116-70(46-59-35-40-104-41-36-59)80(127)110-53-79(126)124-73-22-12-11-19-62(73)49-77(124)87(134)117-71(47-58-27-31-63(98)32-28-58)89(136)123-44-16-24-75(123)85(132)118-72(90(137)138)48-57-25-29-61(30-26-57)60-17-9-8-10-18-60/h8-10,17-18,25-32,51-52,54-56,59,62,66-77,104H,11-16,19-24,33-50,53H2,1-7H3,(H2,99,125)(H,105,111)(H,106,112)(H,107,139)(H,110,127)(H,113,131)(H,114,129)(H,115,128)(H,116,133)(H,117,134)(H,118,132)(H,119,140)(H,120,130)(H,137,138)(H4,100,101,108)(H4,102,103,109)/t62-,66-,67-,68+,69-,70-,71-,72+,73-,74-,75-,76-,77-/m0/s1. The molecule has 1 aliphatic carbocycles. The van der Waals surface area contributed by atoms with Crippen molar-refractivity contribution < 1.29 is 81.8 Å². The highest BCUT2D eigenvalue weighted by Crippen LogP contribution is 2.40. The Morgan fingerprint density at radius 2 is 1.13 bits per heavy atom. The van der Waals surface area contributed by atoms with Crippen LogP contribution in [0.4, 0.5) is 0 Å². The molecule has 6 heterocycles. The van der Waals surface area contributed by atoms with Crippen LogP contribution in [-0.2, 0) is 102 Å². The number of halogens is 1. The highest BCUT2D eigenvalue weighted by atomic mass is 79.9. The molecule has 10 rings (SSSR count). The molecule has 44 heteroatoms. The second-order valence-electron chi connectivity index (χ2n) is 38.6. The molecule has 4 saturated heterocycles. The van der Waals surface area contributed by atoms with Gasteiger partial charge in [0.1, 0.15) is 77.4 Å². The highest BCUT2D eigenvalue weighted by Gasteiger charge is 2.51. The van der Waals surface area contributed by atoms with Crippen LogP contribution in [0.2, 0.25) is 0 Å². The van der Waals surface area contributed by atoms with Gasteiger partial charge in [-0.2, -0.15) is 0 Å². The van der Waals surface area contributed by atoms with Gasteiger partial charge in [0.2, 0.25) is 88.6 Å². The fourth-order valence-corrected chi connectivity index (χ4v) is 19.2. The molecule has 766 valence electrons. The Kier molecular flexibility index (Phi) is 40.6. The van der Waals surface area contributed by atoms with Gasteiger partial charge in [0.25, 0.3) is 0 Å². The molecule has 0 radical (unpaired) electrons. The van der Waals surface area contributed by atoms with E-state index >= 15 is 38.4 Å². The van der Waals surface area contributed by atoms with Gasteiger partial charge in [-0.15, -0.1) is 0 Å². The quantitative estimate of drug-likeness (QED) is 0.0110. The smallest absolute Gasteiger partial charge is 0.326 e. The Balaban J connectivity index is 0.813. The first-order chi connectivity index (χ1) is 67.2. The molecule has 13 atom stereocenters. The number of nitrogens with two attached hydrogens (primary N) is 3. The zero-order valence-corrected chi connectivity index (χ0v) is 82.8. The third-order valence-corrected chi connectivity index (χ3v) is 27.3. The van der Waals surface area contributed by atoms with E-state index in [9.17, 15) is 43.5 Å². The fourth-order valence-electron chi connectivity index (χ4n) is 19.0. The van der Waals surface area contributed by atoms with Crippen LogP contribution in [-0.4, -0.2) is 289 Å². The van der Waals surface area contributed by atoms with Gasteiger partial charge in [0.05, 0.1) is 24.9 Å². The van der Waals surface area contributed by atoms with E-state index in [4.69, 9.17) is 28.0 Å². The van der Waals surface area contributed by atoms with Gasteiger partial charge in [-0.1, -0.05) is 109 Å². The third kappa shape index (κ3) is 31.8. The maximum Gasteiger partial charge on any atom is 0.326 e. The summed E-state index contributed by atoms with van der Waals surface area (Å²) < 4.78 is 0.757. The minimum atomic E-state index is -1.89. The van der Waals surface area contributed by atoms with Crippen LogP contribution in [0.5, 0.6) is 0 Å². The Hall–Kier alpha value is -13.4. The summed E-state index contributed by atoms with van der Waals surface area (Å²) >= 11 is 3.48. The molecule has 24 N–H and O–H groups in total. The molecule has 1 saturated carbocycles. The van der Waals surface area contributed by atoms with Gasteiger partial charge < -0.3 is 121 Å². The first-order valence-corrected chi connectivity index (χ1v) is 49.4. The number of primary amides is 1. The molecule has 15 amide bonds. The van der Waals surface area contributed by atoms with Crippen molar-refractivity contribution in [1.29, 1.82) is 10.8 Å². The number of hydrogen-bond donors (Lipinski definition) is 21. The molecule has 0 spiro atoms. The Morgan fingerprint density at radius 3 is 1.72 bits per heavy atom. The summed E-state index contributed by atoms with van der Waals surface area (Å²) in [6.45, 7) is 9.96. The van der Waals surface area contributed by atoms with E-state index in [1.807, 2.05) is 54.6 Å². The van der Waals surface area contributed by atoms with E-state index in [1.165, 1.54) is 68.3 Å². The van der Waals surface area contributed by atoms with Gasteiger partial charge in [-0.25, -0.2) is 14.8 Å². The monoisotopic (exact) mass is 2020 g/mol. The summed E-state index contributed by atoms with van der Waals surface area (Å²) in [5.74, 6) is -14.1. The molecule has 5 aliphatic rings. The SMILES string of the molecule is CC(C)C[C@H](NC(=O)[C@H](CCCNC(=N)N)NC(=O)[C@@H]1CCCN1C(=O)[C@@H](CCCNC(=N)N)NC(=O)[C@H](CCC(N)=O)NC(=O)C(C)(C)C(=O)NCCc1cnc[nH]1)C(=O)NC(C)(C)C(=O)N(C)[C@@H](Cc1c[nH]cn1)C(=O)N[C@@H](CC1CCNCC1)C(=O)NCC(=O)N1[C@H](C(=O)N[C@@H](Cc2ccc(Br)cc2)C(=O)N2CCC[C@H]2C(=O)N[C@H](Cc2ccc(-c3ccccc3)cc2)C(=O)O)C[C@@H]2CCCC[C@@H]21. The minimum Gasteiger partial charge on any atom is -0.480 e. The van der Waals surface area contributed by atoms with Gasteiger partial charge in [0, 0.05) is 100 Å². The summed E-state index contributed by atoms with van der Waals surface area (Å²) in [5.41, 5.74) is 17.3. The second-order valence-corrected chi connectivity index (χ2v) is 39.6. The van der Waals surface area contributed by atoms with Crippen molar-refractivity contribution in [3.05, 3.63) is 131 Å². The predicted molar refractivity (Wildman–Crippen MR) is 525 cm³/mol. The predicted octanol–water partition coefficient (Wildman–Crippen LogP) is 0.661. The first-order valence-electron chi connectivity index (χ1n) is 48.6. The fraction of sp³-hybridized carbons (Fsp3) is 0.567. The van der Waals surface area contributed by atoms with Gasteiger partial charge in [-0.05, 0) is 196 Å². The van der Waals surface area contributed by atoms with Crippen LogP contribution >= 0.6 is 15.9 Å². The van der Waals surface area contributed by atoms with Crippen LogP contribution in [0.25, 0.3) is 11.1 Å². The van der Waals surface area contributed by atoms with Crippen LogP contribution in [0.15, 0.2) is 108 Å². The number of amides is 15. The number of imidazole rings is 2. The Bertz CT molecular complexity index is 5180. The molecule has 2 aromatic heterocycles.